The minimum absolute atomic E-state index is 0.730. The molecule has 2 atom stereocenters. The Labute approximate surface area is 47.3 Å². The second-order valence-electron chi connectivity index (χ2n) is 1.27. The summed E-state index contributed by atoms with van der Waals surface area (Å²) in [5, 5.41) is 15.7. The molecule has 1 N–H and O–H groups in total. The number of hydrogen-bond donors (Lipinski definition) is 1. The molecule has 0 bridgehead atoms. The van der Waals surface area contributed by atoms with Gasteiger partial charge in [-0.15, -0.1) is 11.6 Å². The highest BCUT2D eigenvalue weighted by Crippen LogP contribution is 1.97. The Bertz CT molecular complexity index is 86.2. The first-order chi connectivity index (χ1) is 3.18. The first-order valence-corrected chi connectivity index (χ1v) is 2.34. The average molecular weight is 120 g/mol. The van der Waals surface area contributed by atoms with Gasteiger partial charge in [0.05, 0.1) is 12.2 Å². The summed E-state index contributed by atoms with van der Waals surface area (Å²) in [6, 6.07) is 1.68. The van der Waals surface area contributed by atoms with Crippen LogP contribution in [0.3, 0.4) is 0 Å². The van der Waals surface area contributed by atoms with Crippen LogP contribution in [0.25, 0.3) is 0 Å². The predicted molar refractivity (Wildman–Crippen MR) is 26.9 cm³/mol. The lowest BCUT2D eigenvalue weighted by atomic mass is 10.3. The van der Waals surface area contributed by atoms with Crippen LogP contribution in [0.4, 0.5) is 0 Å². The zero-order valence-electron chi connectivity index (χ0n) is 3.93. The van der Waals surface area contributed by atoms with E-state index in [1.54, 1.807) is 6.07 Å². The molecule has 0 spiro atoms. The molecule has 0 aromatic carbocycles. The molecule has 0 radical (unpaired) electrons. The average Bonchev–Trinajstić information content (AvgIpc) is 1.65. The second kappa shape index (κ2) is 2.84. The van der Waals surface area contributed by atoms with E-state index < -0.39 is 11.5 Å². The third-order valence-electron chi connectivity index (χ3n) is 0.547. The van der Waals surface area contributed by atoms with Crippen molar-refractivity contribution in [3.05, 3.63) is 0 Å². The maximum atomic E-state index is 8.47. The van der Waals surface area contributed by atoms with Gasteiger partial charge in [0, 0.05) is 0 Å². The molecule has 40 valence electrons. The van der Waals surface area contributed by atoms with Crippen molar-refractivity contribution in [1.82, 2.24) is 0 Å². The van der Waals surface area contributed by atoms with E-state index in [0.29, 0.717) is 0 Å². The van der Waals surface area contributed by atoms with Crippen molar-refractivity contribution in [1.29, 1.82) is 5.26 Å². The summed E-state index contributed by atoms with van der Waals surface area (Å²) in [5.74, 6) is 0. The molecule has 0 saturated heterocycles. The molecule has 3 heteroatoms. The Balaban J connectivity index is 3.40. The monoisotopic (exact) mass is 119 g/mol. The summed E-state index contributed by atoms with van der Waals surface area (Å²) in [5.41, 5.74) is 0. The zero-order valence-corrected chi connectivity index (χ0v) is 4.68. The lowest BCUT2D eigenvalue weighted by Crippen LogP contribution is -2.13. The lowest BCUT2D eigenvalue weighted by Gasteiger charge is -1.99. The van der Waals surface area contributed by atoms with Crippen molar-refractivity contribution in [3.63, 3.8) is 0 Å². The minimum Gasteiger partial charge on any atom is -0.391 e. The molecule has 0 rings (SSSR count). The van der Waals surface area contributed by atoms with Gasteiger partial charge < -0.3 is 5.11 Å². The lowest BCUT2D eigenvalue weighted by molar-refractivity contribution is 0.203. The second-order valence-corrected chi connectivity index (χ2v) is 1.74. The van der Waals surface area contributed by atoms with Gasteiger partial charge in [0.15, 0.2) is 0 Å². The van der Waals surface area contributed by atoms with E-state index in [4.69, 9.17) is 22.0 Å². The fraction of sp³-hybridized carbons (Fsp3) is 0.750. The van der Waals surface area contributed by atoms with Crippen molar-refractivity contribution >= 4 is 11.6 Å². The molecule has 0 saturated carbocycles. The van der Waals surface area contributed by atoms with E-state index in [1.165, 1.54) is 6.92 Å². The number of aliphatic hydroxyl groups is 1. The number of aliphatic hydroxyl groups excluding tert-OH is 1. The largest absolute Gasteiger partial charge is 0.391 e. The zero-order chi connectivity index (χ0) is 5.86. The van der Waals surface area contributed by atoms with Gasteiger partial charge in [-0.3, -0.25) is 0 Å². The standard InChI is InChI=1S/C4H6ClNO/c1-3(7)4(5)2-6/h3-4,7H,1H3. The maximum absolute atomic E-state index is 8.47. The van der Waals surface area contributed by atoms with E-state index >= 15 is 0 Å². The van der Waals surface area contributed by atoms with Gasteiger partial charge in [0.1, 0.15) is 5.38 Å². The SMILES string of the molecule is CC(O)C(Cl)C#N. The van der Waals surface area contributed by atoms with Gasteiger partial charge in [-0.25, -0.2) is 0 Å². The van der Waals surface area contributed by atoms with Crippen LogP contribution in [-0.4, -0.2) is 16.6 Å². The summed E-state index contributed by atoms with van der Waals surface area (Å²) in [7, 11) is 0. The van der Waals surface area contributed by atoms with Crippen molar-refractivity contribution in [2.75, 3.05) is 0 Å². The van der Waals surface area contributed by atoms with Crippen LogP contribution >= 0.6 is 11.6 Å². The van der Waals surface area contributed by atoms with Gasteiger partial charge in [-0.05, 0) is 6.92 Å². The number of alkyl halides is 1. The van der Waals surface area contributed by atoms with Crippen molar-refractivity contribution in [2.45, 2.75) is 18.4 Å². The molecular formula is C4H6ClNO. The number of nitrogens with zero attached hydrogens (tertiary/aromatic N) is 1. The van der Waals surface area contributed by atoms with Crippen LogP contribution in [-0.2, 0) is 0 Å². The Morgan fingerprint density at radius 3 is 2.29 bits per heavy atom. The smallest absolute Gasteiger partial charge is 0.146 e. The van der Waals surface area contributed by atoms with Gasteiger partial charge in [0.2, 0.25) is 0 Å². The molecule has 0 amide bonds. The molecule has 0 fully saturated rings. The molecule has 0 aromatic rings. The summed E-state index contributed by atoms with van der Waals surface area (Å²) >= 11 is 5.19. The van der Waals surface area contributed by atoms with Crippen LogP contribution in [0.5, 0.6) is 0 Å². The van der Waals surface area contributed by atoms with Crippen LogP contribution in [0.2, 0.25) is 0 Å². The van der Waals surface area contributed by atoms with Gasteiger partial charge in [-0.1, -0.05) is 0 Å². The van der Waals surface area contributed by atoms with Crippen molar-refractivity contribution < 1.29 is 5.11 Å². The first kappa shape index (κ1) is 6.74. The number of rotatable bonds is 1. The highest BCUT2D eigenvalue weighted by atomic mass is 35.5. The van der Waals surface area contributed by atoms with E-state index in [9.17, 15) is 0 Å². The fourth-order valence-electron chi connectivity index (χ4n) is 0.108. The number of nitriles is 1. The summed E-state index contributed by atoms with van der Waals surface area (Å²) in [6.07, 6.45) is -0.730. The summed E-state index contributed by atoms with van der Waals surface area (Å²) in [6.45, 7) is 1.47. The normalized spacial score (nSPS) is 17.4. The van der Waals surface area contributed by atoms with Gasteiger partial charge >= 0.3 is 0 Å². The fourth-order valence-corrected chi connectivity index (χ4v) is 0.108. The highest BCUT2D eigenvalue weighted by Gasteiger charge is 2.07. The van der Waals surface area contributed by atoms with Crippen molar-refractivity contribution in [3.8, 4) is 6.07 Å². The quantitative estimate of drug-likeness (QED) is 0.511. The number of hydrogen-bond acceptors (Lipinski definition) is 2. The van der Waals surface area contributed by atoms with E-state index in [1.807, 2.05) is 0 Å². The van der Waals surface area contributed by atoms with Gasteiger partial charge in [0.25, 0.3) is 0 Å². The molecule has 0 aliphatic rings. The molecule has 0 aromatic heterocycles. The molecule has 7 heavy (non-hydrogen) atoms. The molecule has 2 nitrogen and oxygen atoms in total. The molecule has 2 unspecified atom stereocenters. The van der Waals surface area contributed by atoms with E-state index in [0.717, 1.165) is 0 Å². The van der Waals surface area contributed by atoms with Crippen molar-refractivity contribution in [2.24, 2.45) is 0 Å². The Morgan fingerprint density at radius 2 is 2.29 bits per heavy atom. The molecule has 0 aliphatic carbocycles. The number of halogens is 1. The Morgan fingerprint density at radius 1 is 1.86 bits per heavy atom. The molecule has 0 aliphatic heterocycles. The highest BCUT2D eigenvalue weighted by molar-refractivity contribution is 6.22. The Hall–Kier alpha value is -0.260. The van der Waals surface area contributed by atoms with Crippen LogP contribution in [0.15, 0.2) is 0 Å². The third-order valence-corrected chi connectivity index (χ3v) is 1.01. The topological polar surface area (TPSA) is 44.0 Å². The maximum Gasteiger partial charge on any atom is 0.146 e. The van der Waals surface area contributed by atoms with Gasteiger partial charge in [-0.2, -0.15) is 5.26 Å². The van der Waals surface area contributed by atoms with Crippen LogP contribution in [0.1, 0.15) is 6.92 Å². The third kappa shape index (κ3) is 2.44. The molecular weight excluding hydrogens is 114 g/mol. The summed E-state index contributed by atoms with van der Waals surface area (Å²) in [4.78, 5) is 0. The Kier molecular flexibility index (Phi) is 2.73. The van der Waals surface area contributed by atoms with Crippen LogP contribution in [0, 0.1) is 11.3 Å². The summed E-state index contributed by atoms with van der Waals surface area (Å²) < 4.78 is 0. The molecule has 0 heterocycles. The van der Waals surface area contributed by atoms with E-state index in [-0.39, 0.29) is 0 Å². The first-order valence-electron chi connectivity index (χ1n) is 1.90. The van der Waals surface area contributed by atoms with Crippen LogP contribution < -0.4 is 0 Å². The van der Waals surface area contributed by atoms with E-state index in [2.05, 4.69) is 0 Å². The minimum atomic E-state index is -0.764. The predicted octanol–water partition coefficient (Wildman–Crippen LogP) is 0.498.